The summed E-state index contributed by atoms with van der Waals surface area (Å²) in [6, 6.07) is 8.70. The number of rotatable bonds is 1. The predicted molar refractivity (Wildman–Crippen MR) is 71.1 cm³/mol. The Kier molecular flexibility index (Phi) is 3.08. The van der Waals surface area contributed by atoms with Gasteiger partial charge in [-0.3, -0.25) is 4.79 Å². The minimum Gasteiger partial charge on any atom is -0.349 e. The molecule has 18 heavy (non-hydrogen) atoms. The second kappa shape index (κ2) is 4.73. The van der Waals surface area contributed by atoms with Crippen LogP contribution in [0.1, 0.15) is 30.0 Å². The molecule has 2 N–H and O–H groups in total. The van der Waals surface area contributed by atoms with Crippen molar-refractivity contribution in [1.82, 2.24) is 10.6 Å². The van der Waals surface area contributed by atoms with Crippen LogP contribution >= 0.6 is 0 Å². The van der Waals surface area contributed by atoms with Crippen LogP contribution in [-0.4, -0.2) is 19.0 Å². The van der Waals surface area contributed by atoms with Gasteiger partial charge in [0.1, 0.15) is 0 Å². The highest BCUT2D eigenvalue weighted by Gasteiger charge is 2.37. The molecule has 1 amide bonds. The van der Waals surface area contributed by atoms with E-state index in [0.717, 1.165) is 25.9 Å². The van der Waals surface area contributed by atoms with E-state index >= 15 is 0 Å². The summed E-state index contributed by atoms with van der Waals surface area (Å²) in [6.45, 7) is 4.05. The fourth-order valence-corrected chi connectivity index (χ4v) is 3.17. The second-order valence-corrected chi connectivity index (χ2v) is 5.57. The SMILES string of the molecule is Cc1ccc(C2CC3CNCCC3C(=O)N2)cc1. The maximum atomic E-state index is 12.1. The molecule has 3 rings (SSSR count). The standard InChI is InChI=1S/C15H20N2O/c1-10-2-4-11(5-3-10)14-8-12-9-16-7-6-13(12)15(18)17-14/h2-5,12-14,16H,6-9H2,1H3,(H,17,18). The van der Waals surface area contributed by atoms with Crippen molar-refractivity contribution < 1.29 is 4.79 Å². The smallest absolute Gasteiger partial charge is 0.223 e. The molecule has 1 aromatic rings. The molecule has 3 nitrogen and oxygen atoms in total. The van der Waals surface area contributed by atoms with Crippen molar-refractivity contribution in [2.24, 2.45) is 11.8 Å². The van der Waals surface area contributed by atoms with Gasteiger partial charge < -0.3 is 10.6 Å². The van der Waals surface area contributed by atoms with Crippen LogP contribution in [0, 0.1) is 18.8 Å². The molecule has 2 fully saturated rings. The monoisotopic (exact) mass is 244 g/mol. The topological polar surface area (TPSA) is 41.1 Å². The molecule has 0 saturated carbocycles. The van der Waals surface area contributed by atoms with Crippen LogP contribution in [0.15, 0.2) is 24.3 Å². The van der Waals surface area contributed by atoms with Gasteiger partial charge in [0.2, 0.25) is 5.91 Å². The van der Waals surface area contributed by atoms with E-state index < -0.39 is 0 Å². The molecule has 96 valence electrons. The number of fused-ring (bicyclic) bond motifs is 1. The van der Waals surface area contributed by atoms with Crippen LogP contribution < -0.4 is 10.6 Å². The number of nitrogens with one attached hydrogen (secondary N) is 2. The normalized spacial score (nSPS) is 31.6. The summed E-state index contributed by atoms with van der Waals surface area (Å²) in [7, 11) is 0. The lowest BCUT2D eigenvalue weighted by Crippen LogP contribution is -2.50. The van der Waals surface area contributed by atoms with Gasteiger partial charge in [0, 0.05) is 5.92 Å². The maximum absolute atomic E-state index is 12.1. The fraction of sp³-hybridized carbons (Fsp3) is 0.533. The molecule has 2 saturated heterocycles. The van der Waals surface area contributed by atoms with Crippen molar-refractivity contribution in [2.75, 3.05) is 13.1 Å². The van der Waals surface area contributed by atoms with Crippen molar-refractivity contribution in [2.45, 2.75) is 25.8 Å². The number of carbonyl (C=O) groups is 1. The van der Waals surface area contributed by atoms with Gasteiger partial charge in [0.25, 0.3) is 0 Å². The Morgan fingerprint density at radius 1 is 1.22 bits per heavy atom. The summed E-state index contributed by atoms with van der Waals surface area (Å²) in [5.74, 6) is 0.977. The van der Waals surface area contributed by atoms with Crippen LogP contribution in [0.25, 0.3) is 0 Å². The lowest BCUT2D eigenvalue weighted by atomic mass is 9.77. The van der Waals surface area contributed by atoms with E-state index in [1.165, 1.54) is 11.1 Å². The lowest BCUT2D eigenvalue weighted by molar-refractivity contribution is -0.131. The average molecular weight is 244 g/mol. The van der Waals surface area contributed by atoms with Gasteiger partial charge in [-0.2, -0.15) is 0 Å². The Hall–Kier alpha value is -1.35. The molecule has 0 aromatic heterocycles. The van der Waals surface area contributed by atoms with E-state index in [-0.39, 0.29) is 17.9 Å². The summed E-state index contributed by atoms with van der Waals surface area (Å²) in [4.78, 5) is 12.1. The van der Waals surface area contributed by atoms with Crippen molar-refractivity contribution >= 4 is 5.91 Å². The molecule has 1 aromatic carbocycles. The van der Waals surface area contributed by atoms with E-state index in [1.54, 1.807) is 0 Å². The van der Waals surface area contributed by atoms with Gasteiger partial charge >= 0.3 is 0 Å². The molecule has 0 spiro atoms. The number of benzene rings is 1. The number of aryl methyl sites for hydroxylation is 1. The third-order valence-corrected chi connectivity index (χ3v) is 4.28. The summed E-state index contributed by atoms with van der Waals surface area (Å²) < 4.78 is 0. The van der Waals surface area contributed by atoms with Crippen molar-refractivity contribution in [3.8, 4) is 0 Å². The first-order valence-corrected chi connectivity index (χ1v) is 6.81. The Labute approximate surface area is 108 Å². The van der Waals surface area contributed by atoms with Gasteiger partial charge in [0.15, 0.2) is 0 Å². The predicted octanol–water partition coefficient (Wildman–Crippen LogP) is 1.78. The Morgan fingerprint density at radius 3 is 2.78 bits per heavy atom. The molecule has 0 aliphatic carbocycles. The Bertz CT molecular complexity index is 440. The largest absolute Gasteiger partial charge is 0.349 e. The zero-order valence-electron chi connectivity index (χ0n) is 10.8. The van der Waals surface area contributed by atoms with Gasteiger partial charge in [-0.05, 0) is 44.3 Å². The summed E-state index contributed by atoms with van der Waals surface area (Å²) in [5, 5.41) is 6.59. The number of hydrogen-bond acceptors (Lipinski definition) is 2. The van der Waals surface area contributed by atoms with Gasteiger partial charge in [-0.15, -0.1) is 0 Å². The Balaban J connectivity index is 1.78. The van der Waals surface area contributed by atoms with Gasteiger partial charge in [0.05, 0.1) is 6.04 Å². The second-order valence-electron chi connectivity index (χ2n) is 5.57. The zero-order chi connectivity index (χ0) is 12.5. The summed E-state index contributed by atoms with van der Waals surface area (Å²) in [5.41, 5.74) is 2.50. The maximum Gasteiger partial charge on any atom is 0.223 e. The summed E-state index contributed by atoms with van der Waals surface area (Å²) in [6.07, 6.45) is 2.05. The van der Waals surface area contributed by atoms with Crippen LogP contribution in [0.2, 0.25) is 0 Å². The van der Waals surface area contributed by atoms with Crippen LogP contribution in [0.4, 0.5) is 0 Å². The number of amides is 1. The van der Waals surface area contributed by atoms with Crippen LogP contribution in [0.5, 0.6) is 0 Å². The average Bonchev–Trinajstić information content (AvgIpc) is 2.39. The van der Waals surface area contributed by atoms with E-state index in [2.05, 4.69) is 41.8 Å². The van der Waals surface area contributed by atoms with E-state index in [1.807, 2.05) is 0 Å². The molecule has 2 heterocycles. The quantitative estimate of drug-likeness (QED) is 0.790. The fourth-order valence-electron chi connectivity index (χ4n) is 3.17. The number of carbonyl (C=O) groups excluding carboxylic acids is 1. The number of piperidine rings is 2. The molecule has 2 aliphatic heterocycles. The zero-order valence-corrected chi connectivity index (χ0v) is 10.8. The molecular formula is C15H20N2O. The Morgan fingerprint density at radius 2 is 2.00 bits per heavy atom. The molecular weight excluding hydrogens is 224 g/mol. The first-order valence-electron chi connectivity index (χ1n) is 6.81. The van der Waals surface area contributed by atoms with E-state index in [4.69, 9.17) is 0 Å². The third kappa shape index (κ3) is 2.15. The van der Waals surface area contributed by atoms with Crippen LogP contribution in [0.3, 0.4) is 0 Å². The molecule has 0 radical (unpaired) electrons. The molecule has 3 heteroatoms. The molecule has 3 unspecified atom stereocenters. The molecule has 3 atom stereocenters. The van der Waals surface area contributed by atoms with Crippen LogP contribution in [-0.2, 0) is 4.79 Å². The van der Waals surface area contributed by atoms with Gasteiger partial charge in [-0.1, -0.05) is 29.8 Å². The highest BCUT2D eigenvalue weighted by atomic mass is 16.2. The van der Waals surface area contributed by atoms with E-state index in [0.29, 0.717) is 5.92 Å². The first kappa shape index (κ1) is 11.7. The van der Waals surface area contributed by atoms with E-state index in [9.17, 15) is 4.79 Å². The molecule has 2 aliphatic rings. The summed E-state index contributed by atoms with van der Waals surface area (Å²) >= 11 is 0. The number of hydrogen-bond donors (Lipinski definition) is 2. The van der Waals surface area contributed by atoms with Crippen molar-refractivity contribution in [1.29, 1.82) is 0 Å². The lowest BCUT2D eigenvalue weighted by Gasteiger charge is -2.39. The van der Waals surface area contributed by atoms with Crippen molar-refractivity contribution in [3.05, 3.63) is 35.4 Å². The highest BCUT2D eigenvalue weighted by molar-refractivity contribution is 5.80. The van der Waals surface area contributed by atoms with Crippen molar-refractivity contribution in [3.63, 3.8) is 0 Å². The minimum atomic E-state index is 0.194. The highest BCUT2D eigenvalue weighted by Crippen LogP contribution is 2.34. The van der Waals surface area contributed by atoms with Gasteiger partial charge in [-0.25, -0.2) is 0 Å². The molecule has 0 bridgehead atoms. The first-order chi connectivity index (χ1) is 8.74. The minimum absolute atomic E-state index is 0.194. The third-order valence-electron chi connectivity index (χ3n) is 4.28.